The van der Waals surface area contributed by atoms with E-state index in [1.807, 2.05) is 6.07 Å². The predicted octanol–water partition coefficient (Wildman–Crippen LogP) is 3.23. The van der Waals surface area contributed by atoms with Crippen molar-refractivity contribution in [3.8, 4) is 0 Å². The fourth-order valence-corrected chi connectivity index (χ4v) is 2.46. The fourth-order valence-electron chi connectivity index (χ4n) is 1.76. The maximum atomic E-state index is 12.2. The van der Waals surface area contributed by atoms with E-state index in [2.05, 4.69) is 21.2 Å². The van der Waals surface area contributed by atoms with E-state index in [4.69, 9.17) is 39.2 Å². The first-order chi connectivity index (χ1) is 10.4. The molecule has 0 aliphatic rings. The van der Waals surface area contributed by atoms with Crippen molar-refractivity contribution in [3.63, 3.8) is 0 Å². The van der Waals surface area contributed by atoms with Crippen LogP contribution in [0, 0.1) is 0 Å². The quantitative estimate of drug-likeness (QED) is 0.569. The summed E-state index contributed by atoms with van der Waals surface area (Å²) >= 11 is 21.1. The minimum absolute atomic E-state index is 0.320. The summed E-state index contributed by atoms with van der Waals surface area (Å²) in [6, 6.07) is 10.5. The summed E-state index contributed by atoms with van der Waals surface area (Å²) in [4.78, 5) is 12.2. The number of quaternary nitrogens is 1. The van der Waals surface area contributed by atoms with Gasteiger partial charge in [-0.2, -0.15) is 0 Å². The Bertz CT molecular complexity index is 612. The second-order valence-electron chi connectivity index (χ2n) is 4.52. The van der Waals surface area contributed by atoms with Crippen molar-refractivity contribution in [1.29, 1.82) is 0 Å². The Hall–Kier alpha value is -0.720. The van der Waals surface area contributed by atoms with Gasteiger partial charge in [0.15, 0.2) is 5.76 Å². The van der Waals surface area contributed by atoms with Crippen molar-refractivity contribution < 1.29 is 14.5 Å². The van der Waals surface area contributed by atoms with E-state index in [-0.39, 0.29) is 5.91 Å². The number of benzene rings is 1. The third-order valence-electron chi connectivity index (χ3n) is 2.88. The van der Waals surface area contributed by atoms with Crippen molar-refractivity contribution in [2.75, 3.05) is 0 Å². The highest BCUT2D eigenvalue weighted by molar-refractivity contribution is 9.10. The van der Waals surface area contributed by atoms with Gasteiger partial charge in [0.25, 0.3) is 9.70 Å². The second-order valence-corrected chi connectivity index (χ2v) is 7.80. The average molecular weight is 428 g/mol. The Morgan fingerprint density at radius 3 is 2.50 bits per heavy atom. The Labute approximate surface area is 151 Å². The number of nitrogens with two attached hydrogens (primary N) is 1. The third kappa shape index (κ3) is 5.18. The lowest BCUT2D eigenvalue weighted by Crippen LogP contribution is -2.95. The highest BCUT2D eigenvalue weighted by Crippen LogP contribution is 2.27. The summed E-state index contributed by atoms with van der Waals surface area (Å²) in [6.45, 7) is 0.437. The largest absolute Gasteiger partial charge is 0.463 e. The van der Waals surface area contributed by atoms with Crippen LogP contribution in [0.1, 0.15) is 16.1 Å². The number of rotatable bonds is 5. The molecule has 1 amide bonds. The number of furan rings is 1. The van der Waals surface area contributed by atoms with Gasteiger partial charge >= 0.3 is 0 Å². The molecule has 2 rings (SSSR count). The number of carbonyl (C=O) groups is 1. The van der Waals surface area contributed by atoms with Crippen molar-refractivity contribution in [3.05, 3.63) is 58.5 Å². The van der Waals surface area contributed by atoms with E-state index in [1.54, 1.807) is 41.9 Å². The first-order valence-corrected chi connectivity index (χ1v) is 8.28. The number of hydrogen-bond acceptors (Lipinski definition) is 2. The molecule has 0 fully saturated rings. The second kappa shape index (κ2) is 7.70. The number of carbonyl (C=O) groups excluding carboxylic acids is 1. The van der Waals surface area contributed by atoms with Gasteiger partial charge in [0.2, 0.25) is 6.17 Å². The summed E-state index contributed by atoms with van der Waals surface area (Å²) in [6.07, 6.45) is 0.812. The molecule has 1 aromatic carbocycles. The fraction of sp³-hybridized carbons (Fsp3) is 0.214. The molecule has 1 aromatic heterocycles. The van der Waals surface area contributed by atoms with Crippen LogP contribution in [0.5, 0.6) is 0 Å². The van der Waals surface area contributed by atoms with E-state index < -0.39 is 9.96 Å². The van der Waals surface area contributed by atoms with Gasteiger partial charge in [-0.15, -0.1) is 0 Å². The van der Waals surface area contributed by atoms with Gasteiger partial charge in [0.1, 0.15) is 6.54 Å². The first-order valence-electron chi connectivity index (χ1n) is 6.35. The van der Waals surface area contributed by atoms with E-state index in [1.165, 1.54) is 0 Å². The van der Waals surface area contributed by atoms with Crippen molar-refractivity contribution in [2.24, 2.45) is 0 Å². The van der Waals surface area contributed by atoms with Crippen molar-refractivity contribution in [2.45, 2.75) is 16.5 Å². The Morgan fingerprint density at radius 1 is 1.27 bits per heavy atom. The van der Waals surface area contributed by atoms with Gasteiger partial charge < -0.3 is 9.73 Å². The number of alkyl halides is 3. The molecule has 4 nitrogen and oxygen atoms in total. The van der Waals surface area contributed by atoms with Crippen LogP contribution in [-0.2, 0) is 6.54 Å². The monoisotopic (exact) mass is 425 g/mol. The molecule has 3 N–H and O–H groups in total. The molecule has 2 aromatic rings. The molecule has 1 atom stereocenters. The van der Waals surface area contributed by atoms with Gasteiger partial charge in [-0.25, -0.2) is 0 Å². The molecule has 0 bridgehead atoms. The molecule has 0 spiro atoms. The maximum absolute atomic E-state index is 12.2. The summed E-state index contributed by atoms with van der Waals surface area (Å²) < 4.78 is 4.45. The van der Waals surface area contributed by atoms with Crippen LogP contribution in [0.25, 0.3) is 0 Å². The van der Waals surface area contributed by atoms with E-state index >= 15 is 0 Å². The Morgan fingerprint density at radius 2 is 1.95 bits per heavy atom. The standard InChI is InChI=1S/C14H12BrCl3N2O2/c15-10-5-3-9(4-6-10)12(21)20-13(14(16,17)18)19-8-11-2-1-7-22-11/h1-7,13,19H,8H2,(H,20,21)/p+1/t13-/m0/s1. The smallest absolute Gasteiger partial charge is 0.262 e. The molecular formula is C14H13BrCl3N2O2+. The van der Waals surface area contributed by atoms with E-state index in [0.717, 1.165) is 10.2 Å². The molecule has 22 heavy (non-hydrogen) atoms. The van der Waals surface area contributed by atoms with Crippen LogP contribution < -0.4 is 10.6 Å². The minimum atomic E-state index is -1.66. The van der Waals surface area contributed by atoms with Crippen molar-refractivity contribution in [1.82, 2.24) is 5.32 Å². The number of halogens is 4. The molecule has 118 valence electrons. The zero-order chi connectivity index (χ0) is 16.2. The normalized spacial score (nSPS) is 12.9. The van der Waals surface area contributed by atoms with Crippen LogP contribution in [0.2, 0.25) is 0 Å². The third-order valence-corrected chi connectivity index (χ3v) is 4.11. The average Bonchev–Trinajstić information content (AvgIpc) is 2.96. The molecular weight excluding hydrogens is 414 g/mol. The molecule has 0 radical (unpaired) electrons. The first kappa shape index (κ1) is 17.6. The lowest BCUT2D eigenvalue weighted by Gasteiger charge is -2.23. The van der Waals surface area contributed by atoms with Gasteiger partial charge in [0, 0.05) is 10.0 Å². The zero-order valence-electron chi connectivity index (χ0n) is 11.2. The van der Waals surface area contributed by atoms with Crippen molar-refractivity contribution >= 4 is 56.6 Å². The van der Waals surface area contributed by atoms with Crippen LogP contribution >= 0.6 is 50.7 Å². The number of amides is 1. The van der Waals surface area contributed by atoms with E-state index in [0.29, 0.717) is 12.1 Å². The lowest BCUT2D eigenvalue weighted by molar-refractivity contribution is -0.708. The molecule has 8 heteroatoms. The summed E-state index contributed by atoms with van der Waals surface area (Å²) in [5, 5.41) is 4.40. The van der Waals surface area contributed by atoms with Gasteiger partial charge in [-0.3, -0.25) is 10.1 Å². The number of hydrogen-bond donors (Lipinski definition) is 2. The highest BCUT2D eigenvalue weighted by atomic mass is 79.9. The van der Waals surface area contributed by atoms with Crippen LogP contribution in [-0.4, -0.2) is 15.9 Å². The van der Waals surface area contributed by atoms with Gasteiger partial charge in [0.05, 0.1) is 6.26 Å². The molecule has 0 saturated carbocycles. The van der Waals surface area contributed by atoms with E-state index in [9.17, 15) is 4.79 Å². The molecule has 1 heterocycles. The lowest BCUT2D eigenvalue weighted by atomic mass is 10.2. The number of nitrogens with one attached hydrogen (secondary N) is 1. The summed E-state index contributed by atoms with van der Waals surface area (Å²) in [5.74, 6) is 0.400. The molecule has 0 saturated heterocycles. The van der Waals surface area contributed by atoms with Gasteiger partial charge in [-0.05, 0) is 36.4 Å². The van der Waals surface area contributed by atoms with Crippen LogP contribution in [0.15, 0.2) is 51.6 Å². The minimum Gasteiger partial charge on any atom is -0.463 e. The van der Waals surface area contributed by atoms with Crippen LogP contribution in [0.4, 0.5) is 0 Å². The Kier molecular flexibility index (Phi) is 6.17. The zero-order valence-corrected chi connectivity index (χ0v) is 15.1. The maximum Gasteiger partial charge on any atom is 0.262 e. The van der Waals surface area contributed by atoms with Gasteiger partial charge in [-0.1, -0.05) is 50.7 Å². The predicted molar refractivity (Wildman–Crippen MR) is 90.0 cm³/mol. The topological polar surface area (TPSA) is 58.9 Å². The SMILES string of the molecule is O=C(N[C@H]([NH2+]Cc1ccco1)C(Cl)(Cl)Cl)c1ccc(Br)cc1. The summed E-state index contributed by atoms with van der Waals surface area (Å²) in [5.41, 5.74) is 0.480. The Balaban J connectivity index is 2.03. The highest BCUT2D eigenvalue weighted by Gasteiger charge is 2.37. The van der Waals surface area contributed by atoms with Crippen LogP contribution in [0.3, 0.4) is 0 Å². The molecule has 0 unspecified atom stereocenters. The summed E-state index contributed by atoms with van der Waals surface area (Å²) in [7, 11) is 0. The molecule has 0 aliphatic carbocycles. The molecule has 0 aliphatic heterocycles.